The molecule has 24 heavy (non-hydrogen) atoms. The van der Waals surface area contributed by atoms with Crippen LogP contribution in [0.2, 0.25) is 0 Å². The molecule has 1 aromatic heterocycles. The zero-order chi connectivity index (χ0) is 17.4. The summed E-state index contributed by atoms with van der Waals surface area (Å²) >= 11 is 0. The molecule has 2 rings (SSSR count). The van der Waals surface area contributed by atoms with Gasteiger partial charge in [0.25, 0.3) is 11.8 Å². The summed E-state index contributed by atoms with van der Waals surface area (Å²) in [4.78, 5) is 37.7. The van der Waals surface area contributed by atoms with Crippen LogP contribution >= 0.6 is 0 Å². The summed E-state index contributed by atoms with van der Waals surface area (Å²) in [5.74, 6) is -2.25. The zero-order valence-electron chi connectivity index (χ0n) is 12.4. The molecule has 8 heteroatoms. The van der Waals surface area contributed by atoms with Gasteiger partial charge >= 0.3 is 0 Å². The molecule has 2 amide bonds. The number of rotatable bonds is 6. The Hall–Kier alpha value is -3.55. The molecule has 0 radical (unpaired) electrons. The molecule has 0 unspecified atom stereocenters. The predicted octanol–water partition coefficient (Wildman–Crippen LogP) is -0.675. The van der Waals surface area contributed by atoms with Gasteiger partial charge in [0.05, 0.1) is 18.7 Å². The van der Waals surface area contributed by atoms with E-state index in [-0.39, 0.29) is 17.8 Å². The Morgan fingerprint density at radius 3 is 2.50 bits per heavy atom. The van der Waals surface area contributed by atoms with Crippen molar-refractivity contribution in [2.75, 3.05) is 6.54 Å². The third-order valence-corrected chi connectivity index (χ3v) is 2.86. The van der Waals surface area contributed by atoms with E-state index in [1.807, 2.05) is 0 Å². The second kappa shape index (κ2) is 8.18. The second-order valence-electron chi connectivity index (χ2n) is 4.60. The van der Waals surface area contributed by atoms with Crippen LogP contribution in [0.15, 0.2) is 53.8 Å². The number of amides is 2. The van der Waals surface area contributed by atoms with Crippen molar-refractivity contribution in [2.45, 2.75) is 0 Å². The second-order valence-corrected chi connectivity index (χ2v) is 4.60. The summed E-state index contributed by atoms with van der Waals surface area (Å²) in [6, 6.07) is 10.6. The van der Waals surface area contributed by atoms with Crippen molar-refractivity contribution in [2.24, 2.45) is 5.10 Å². The number of benzene rings is 1. The molecular weight excluding hydrogens is 312 g/mol. The van der Waals surface area contributed by atoms with E-state index in [9.17, 15) is 19.5 Å². The molecular formula is C16H13N4O4-. The molecule has 1 aromatic carbocycles. The molecule has 2 aromatic rings. The molecule has 0 atom stereocenters. The Morgan fingerprint density at radius 2 is 1.88 bits per heavy atom. The first-order valence-electron chi connectivity index (χ1n) is 6.89. The molecule has 122 valence electrons. The Labute approximate surface area is 137 Å². The number of carbonyl (C=O) groups is 3. The van der Waals surface area contributed by atoms with Crippen LogP contribution in [0.1, 0.15) is 26.4 Å². The van der Waals surface area contributed by atoms with Crippen molar-refractivity contribution in [1.29, 1.82) is 0 Å². The van der Waals surface area contributed by atoms with E-state index in [0.717, 1.165) is 0 Å². The first-order chi connectivity index (χ1) is 11.6. The molecule has 0 saturated carbocycles. The largest absolute Gasteiger partial charge is 0.545 e. The minimum atomic E-state index is -1.27. The van der Waals surface area contributed by atoms with E-state index in [1.54, 1.807) is 12.1 Å². The molecule has 0 saturated heterocycles. The van der Waals surface area contributed by atoms with Crippen molar-refractivity contribution in [3.05, 3.63) is 65.5 Å². The van der Waals surface area contributed by atoms with Crippen LogP contribution < -0.4 is 15.8 Å². The van der Waals surface area contributed by atoms with Crippen LogP contribution in [0.3, 0.4) is 0 Å². The first kappa shape index (κ1) is 16.8. The number of nitrogens with one attached hydrogen (secondary N) is 2. The number of carboxylic acid groups (broad SMARTS) is 1. The molecule has 2 N–H and O–H groups in total. The van der Waals surface area contributed by atoms with Gasteiger partial charge in [-0.3, -0.25) is 14.6 Å². The lowest BCUT2D eigenvalue weighted by Crippen LogP contribution is -2.35. The van der Waals surface area contributed by atoms with E-state index in [1.165, 1.54) is 42.7 Å². The maximum atomic E-state index is 11.7. The highest BCUT2D eigenvalue weighted by atomic mass is 16.4. The zero-order valence-corrected chi connectivity index (χ0v) is 12.4. The highest BCUT2D eigenvalue weighted by Gasteiger charge is 2.07. The van der Waals surface area contributed by atoms with E-state index in [0.29, 0.717) is 5.56 Å². The topological polar surface area (TPSA) is 124 Å². The van der Waals surface area contributed by atoms with Gasteiger partial charge in [-0.05, 0) is 23.3 Å². The van der Waals surface area contributed by atoms with Crippen LogP contribution in [0.4, 0.5) is 0 Å². The summed E-state index contributed by atoms with van der Waals surface area (Å²) in [5.41, 5.74) is 3.10. The lowest BCUT2D eigenvalue weighted by Gasteiger charge is -2.03. The first-order valence-corrected chi connectivity index (χ1v) is 6.89. The molecule has 0 aliphatic carbocycles. The molecule has 1 heterocycles. The van der Waals surface area contributed by atoms with E-state index < -0.39 is 17.8 Å². The summed E-state index contributed by atoms with van der Waals surface area (Å²) in [7, 11) is 0. The fraction of sp³-hybridized carbons (Fsp3) is 0.0625. The van der Waals surface area contributed by atoms with Crippen molar-refractivity contribution >= 4 is 24.0 Å². The quantitative estimate of drug-likeness (QED) is 0.538. The van der Waals surface area contributed by atoms with Gasteiger partial charge in [0, 0.05) is 6.20 Å². The minimum Gasteiger partial charge on any atom is -0.545 e. The Balaban J connectivity index is 1.78. The van der Waals surface area contributed by atoms with Crippen molar-refractivity contribution in [3.63, 3.8) is 0 Å². The number of aromatic carboxylic acids is 1. The smallest absolute Gasteiger partial charge is 0.270 e. The molecule has 0 aliphatic rings. The summed E-state index contributed by atoms with van der Waals surface area (Å²) in [5, 5.41) is 16.7. The molecule has 0 bridgehead atoms. The van der Waals surface area contributed by atoms with Gasteiger partial charge in [-0.2, -0.15) is 5.10 Å². The van der Waals surface area contributed by atoms with Crippen molar-refractivity contribution in [3.8, 4) is 0 Å². The number of carboxylic acids is 1. The van der Waals surface area contributed by atoms with Gasteiger partial charge in [0.2, 0.25) is 0 Å². The highest BCUT2D eigenvalue weighted by molar-refractivity contribution is 5.95. The van der Waals surface area contributed by atoms with E-state index in [2.05, 4.69) is 20.8 Å². The fourth-order valence-electron chi connectivity index (χ4n) is 1.67. The molecule has 8 nitrogen and oxygen atoms in total. The van der Waals surface area contributed by atoms with Crippen LogP contribution in [0, 0.1) is 0 Å². The number of nitrogens with zero attached hydrogens (tertiary/aromatic N) is 2. The Kier molecular flexibility index (Phi) is 5.73. The van der Waals surface area contributed by atoms with E-state index in [4.69, 9.17) is 0 Å². The number of pyridine rings is 1. The number of hydrogen-bond donors (Lipinski definition) is 2. The lowest BCUT2D eigenvalue weighted by atomic mass is 10.1. The molecule has 0 aliphatic heterocycles. The molecule has 0 spiro atoms. The van der Waals surface area contributed by atoms with Crippen molar-refractivity contribution in [1.82, 2.24) is 15.7 Å². The van der Waals surface area contributed by atoms with Gasteiger partial charge in [-0.15, -0.1) is 0 Å². The number of hydrogen-bond acceptors (Lipinski definition) is 6. The lowest BCUT2D eigenvalue weighted by molar-refractivity contribution is -0.255. The Morgan fingerprint density at radius 1 is 1.12 bits per heavy atom. The third-order valence-electron chi connectivity index (χ3n) is 2.86. The van der Waals surface area contributed by atoms with E-state index >= 15 is 0 Å². The van der Waals surface area contributed by atoms with Crippen LogP contribution in [0.25, 0.3) is 0 Å². The maximum Gasteiger partial charge on any atom is 0.270 e. The normalized spacial score (nSPS) is 10.3. The predicted molar refractivity (Wildman–Crippen MR) is 83.1 cm³/mol. The minimum absolute atomic E-state index is 0.0495. The summed E-state index contributed by atoms with van der Waals surface area (Å²) in [6.07, 6.45) is 2.82. The monoisotopic (exact) mass is 325 g/mol. The summed E-state index contributed by atoms with van der Waals surface area (Å²) in [6.45, 7) is -0.254. The van der Waals surface area contributed by atoms with Gasteiger partial charge < -0.3 is 15.2 Å². The summed E-state index contributed by atoms with van der Waals surface area (Å²) < 4.78 is 0. The number of hydrazone groups is 1. The standard InChI is InChI=1S/C16H14N4O4/c21-14(10-18-15(22)13-3-1-2-8-17-13)20-19-9-11-4-6-12(7-5-11)16(23)24/h1-9H,10H2,(H,18,22)(H,20,21)(H,23,24)/p-1/b19-9-. The Bertz CT molecular complexity index is 757. The molecule has 0 fully saturated rings. The van der Waals surface area contributed by atoms with Gasteiger partial charge in [-0.1, -0.05) is 30.3 Å². The number of carbonyl (C=O) groups excluding carboxylic acids is 3. The third kappa shape index (κ3) is 5.02. The van der Waals surface area contributed by atoms with Crippen molar-refractivity contribution < 1.29 is 19.5 Å². The SMILES string of the molecule is O=C(CNC(=O)c1ccccn1)N/N=C\c1ccc(C(=O)[O-])cc1. The average molecular weight is 325 g/mol. The van der Waals surface area contributed by atoms with Gasteiger partial charge in [0.15, 0.2) is 0 Å². The maximum absolute atomic E-state index is 11.7. The van der Waals surface area contributed by atoms with Crippen LogP contribution in [-0.2, 0) is 4.79 Å². The van der Waals surface area contributed by atoms with Gasteiger partial charge in [0.1, 0.15) is 5.69 Å². The number of aromatic nitrogens is 1. The highest BCUT2D eigenvalue weighted by Crippen LogP contribution is 2.01. The van der Waals surface area contributed by atoms with Crippen LogP contribution in [0.5, 0.6) is 0 Å². The van der Waals surface area contributed by atoms with Gasteiger partial charge in [-0.25, -0.2) is 5.43 Å². The van der Waals surface area contributed by atoms with Crippen LogP contribution in [-0.4, -0.2) is 35.5 Å². The average Bonchev–Trinajstić information content (AvgIpc) is 2.61. The fourth-order valence-corrected chi connectivity index (χ4v) is 1.67.